The Morgan fingerprint density at radius 2 is 2.08 bits per heavy atom. The summed E-state index contributed by atoms with van der Waals surface area (Å²) in [5.74, 6) is 0. The molecule has 1 unspecified atom stereocenters. The minimum Gasteiger partial charge on any atom is -0.399 e. The number of nitrogens with zero attached hydrogens (tertiary/aromatic N) is 5. The van der Waals surface area contributed by atoms with Gasteiger partial charge in [0.05, 0.1) is 24.0 Å². The van der Waals surface area contributed by atoms with Crippen molar-refractivity contribution in [3.05, 3.63) is 46.3 Å². The van der Waals surface area contributed by atoms with Crippen LogP contribution in [0.4, 0.5) is 0 Å². The van der Waals surface area contributed by atoms with Gasteiger partial charge in [-0.1, -0.05) is 40.6 Å². The molecule has 0 N–H and O–H groups in total. The molecule has 2 rings (SSSR count). The van der Waals surface area contributed by atoms with Crippen LogP contribution in [0, 0.1) is 5.41 Å². The minimum atomic E-state index is -3.64. The lowest BCUT2D eigenvalue weighted by Gasteiger charge is -2.27. The molecule has 0 saturated carbocycles. The predicted octanol–water partition coefficient (Wildman–Crippen LogP) is 1.78. The van der Waals surface area contributed by atoms with E-state index in [4.69, 9.17) is 14.6 Å². The van der Waals surface area contributed by atoms with Crippen LogP contribution in [0.25, 0.3) is 10.4 Å². The molecule has 0 amide bonds. The summed E-state index contributed by atoms with van der Waals surface area (Å²) in [5, 5.41) is 7.68. The van der Waals surface area contributed by atoms with Gasteiger partial charge < -0.3 is 4.84 Å². The SMILES string of the molecule is CON=C1CN(Cc2ccccc2)CC1(CN=[N+]=[N-])COS(C)(=O)=O. The average Bonchev–Trinajstić information content (AvgIpc) is 2.90. The Labute approximate surface area is 147 Å². The minimum absolute atomic E-state index is 0.0342. The molecule has 0 aromatic heterocycles. The normalized spacial score (nSPS) is 22.7. The number of hydrogen-bond acceptors (Lipinski definition) is 7. The van der Waals surface area contributed by atoms with Crippen LogP contribution in [0.2, 0.25) is 0 Å². The van der Waals surface area contributed by atoms with E-state index in [9.17, 15) is 8.42 Å². The molecule has 1 atom stereocenters. The first-order chi connectivity index (χ1) is 11.9. The largest absolute Gasteiger partial charge is 0.399 e. The molecule has 0 bridgehead atoms. The zero-order chi connectivity index (χ0) is 18.3. The lowest BCUT2D eigenvalue weighted by Crippen LogP contribution is -2.39. The molecule has 1 aliphatic rings. The fourth-order valence-electron chi connectivity index (χ4n) is 2.85. The lowest BCUT2D eigenvalue weighted by molar-refractivity contribution is 0.177. The fraction of sp³-hybridized carbons (Fsp3) is 0.533. The summed E-state index contributed by atoms with van der Waals surface area (Å²) in [7, 11) is -2.22. The Balaban J connectivity index is 2.26. The van der Waals surface area contributed by atoms with Gasteiger partial charge in [0.15, 0.2) is 0 Å². The summed E-state index contributed by atoms with van der Waals surface area (Å²) in [6, 6.07) is 9.86. The van der Waals surface area contributed by atoms with Crippen molar-refractivity contribution in [2.45, 2.75) is 6.54 Å². The summed E-state index contributed by atoms with van der Waals surface area (Å²) < 4.78 is 27.9. The van der Waals surface area contributed by atoms with E-state index in [1.54, 1.807) is 0 Å². The number of likely N-dealkylation sites (tertiary alicyclic amines) is 1. The van der Waals surface area contributed by atoms with Gasteiger partial charge in [-0.2, -0.15) is 8.42 Å². The predicted molar refractivity (Wildman–Crippen MR) is 93.4 cm³/mol. The van der Waals surface area contributed by atoms with Gasteiger partial charge in [-0.15, -0.1) is 0 Å². The Hall–Kier alpha value is -2.13. The van der Waals surface area contributed by atoms with Crippen LogP contribution in [0.15, 0.2) is 40.6 Å². The second-order valence-electron chi connectivity index (χ2n) is 5.99. The molecule has 0 radical (unpaired) electrons. The molecule has 1 fully saturated rings. The van der Waals surface area contributed by atoms with E-state index in [-0.39, 0.29) is 13.2 Å². The quantitative estimate of drug-likeness (QED) is 0.228. The first-order valence-electron chi connectivity index (χ1n) is 7.60. The molecular formula is C15H21N5O4S. The van der Waals surface area contributed by atoms with Crippen molar-refractivity contribution in [3.63, 3.8) is 0 Å². The van der Waals surface area contributed by atoms with Crippen molar-refractivity contribution >= 4 is 15.8 Å². The number of azide groups is 1. The third kappa shape index (κ3) is 5.43. The van der Waals surface area contributed by atoms with Gasteiger partial charge in [-0.05, 0) is 11.1 Å². The highest BCUT2D eigenvalue weighted by Gasteiger charge is 2.45. The molecule has 1 saturated heterocycles. The maximum atomic E-state index is 11.4. The average molecular weight is 367 g/mol. The van der Waals surface area contributed by atoms with E-state index < -0.39 is 15.5 Å². The van der Waals surface area contributed by atoms with Gasteiger partial charge in [-0.25, -0.2) is 0 Å². The Kier molecular flexibility index (Phi) is 6.38. The van der Waals surface area contributed by atoms with E-state index in [0.29, 0.717) is 25.3 Å². The van der Waals surface area contributed by atoms with E-state index in [2.05, 4.69) is 20.1 Å². The van der Waals surface area contributed by atoms with Crippen molar-refractivity contribution < 1.29 is 17.4 Å². The molecule has 10 heteroatoms. The summed E-state index contributed by atoms with van der Waals surface area (Å²) in [4.78, 5) is 9.80. The molecule has 25 heavy (non-hydrogen) atoms. The maximum absolute atomic E-state index is 11.4. The van der Waals surface area contributed by atoms with Crippen molar-refractivity contribution in [3.8, 4) is 0 Å². The molecule has 0 spiro atoms. The molecular weight excluding hydrogens is 346 g/mol. The first kappa shape index (κ1) is 19.2. The van der Waals surface area contributed by atoms with E-state index >= 15 is 0 Å². The third-order valence-electron chi connectivity index (χ3n) is 3.95. The summed E-state index contributed by atoms with van der Waals surface area (Å²) >= 11 is 0. The van der Waals surface area contributed by atoms with Gasteiger partial charge >= 0.3 is 0 Å². The molecule has 136 valence electrons. The monoisotopic (exact) mass is 367 g/mol. The highest BCUT2D eigenvalue weighted by Crippen LogP contribution is 2.31. The van der Waals surface area contributed by atoms with Crippen LogP contribution in [0.3, 0.4) is 0 Å². The maximum Gasteiger partial charge on any atom is 0.264 e. The number of oxime groups is 1. The second kappa shape index (κ2) is 8.30. The van der Waals surface area contributed by atoms with Gasteiger partial charge in [-0.3, -0.25) is 9.08 Å². The second-order valence-corrected chi connectivity index (χ2v) is 7.63. The summed E-state index contributed by atoms with van der Waals surface area (Å²) in [6.45, 7) is 1.45. The highest BCUT2D eigenvalue weighted by atomic mass is 32.2. The molecule has 1 heterocycles. The Morgan fingerprint density at radius 1 is 1.36 bits per heavy atom. The standard InChI is InChI=1S/C15H21N5O4S/c1-23-18-14-9-20(8-13-6-4-3-5-7-13)11-15(14,10-17-19-16)12-24-25(2,21)22/h3-7H,8-12H2,1-2H3. The number of rotatable bonds is 8. The number of hydrogen-bond donors (Lipinski definition) is 0. The molecule has 0 aliphatic carbocycles. The van der Waals surface area contributed by atoms with E-state index in [1.165, 1.54) is 7.11 Å². The van der Waals surface area contributed by atoms with Crippen LogP contribution in [-0.4, -0.2) is 58.6 Å². The fourth-order valence-corrected chi connectivity index (χ4v) is 3.29. The van der Waals surface area contributed by atoms with Crippen molar-refractivity contribution in [2.75, 3.05) is 39.6 Å². The van der Waals surface area contributed by atoms with E-state index in [0.717, 1.165) is 11.8 Å². The van der Waals surface area contributed by atoms with Crippen molar-refractivity contribution in [2.24, 2.45) is 15.7 Å². The van der Waals surface area contributed by atoms with Crippen LogP contribution in [0.5, 0.6) is 0 Å². The first-order valence-corrected chi connectivity index (χ1v) is 9.42. The smallest absolute Gasteiger partial charge is 0.264 e. The Morgan fingerprint density at radius 3 is 2.68 bits per heavy atom. The third-order valence-corrected chi connectivity index (χ3v) is 4.49. The van der Waals surface area contributed by atoms with E-state index in [1.807, 2.05) is 30.3 Å². The van der Waals surface area contributed by atoms with Gasteiger partial charge in [0.1, 0.15) is 7.11 Å². The number of benzene rings is 1. The molecule has 9 nitrogen and oxygen atoms in total. The van der Waals surface area contributed by atoms with Gasteiger partial charge in [0.2, 0.25) is 0 Å². The Bertz CT molecular complexity index is 761. The molecule has 1 aromatic carbocycles. The van der Waals surface area contributed by atoms with Gasteiger partial charge in [0, 0.05) is 31.1 Å². The topological polar surface area (TPSA) is 117 Å². The lowest BCUT2D eigenvalue weighted by atomic mass is 9.86. The van der Waals surface area contributed by atoms with Crippen LogP contribution >= 0.6 is 0 Å². The van der Waals surface area contributed by atoms with Crippen molar-refractivity contribution in [1.82, 2.24) is 4.90 Å². The van der Waals surface area contributed by atoms with Crippen molar-refractivity contribution in [1.29, 1.82) is 0 Å². The summed E-state index contributed by atoms with van der Waals surface area (Å²) in [5.41, 5.74) is 9.57. The highest BCUT2D eigenvalue weighted by molar-refractivity contribution is 7.85. The summed E-state index contributed by atoms with van der Waals surface area (Å²) in [6.07, 6.45) is 0.984. The van der Waals surface area contributed by atoms with Crippen LogP contribution in [-0.2, 0) is 25.7 Å². The molecule has 1 aromatic rings. The van der Waals surface area contributed by atoms with Gasteiger partial charge in [0.25, 0.3) is 10.1 Å². The zero-order valence-electron chi connectivity index (χ0n) is 14.2. The molecule has 1 aliphatic heterocycles. The van der Waals surface area contributed by atoms with Crippen LogP contribution < -0.4 is 0 Å². The van der Waals surface area contributed by atoms with Crippen LogP contribution in [0.1, 0.15) is 5.56 Å². The zero-order valence-corrected chi connectivity index (χ0v) is 15.0.